The molecule has 1 amide bonds. The van der Waals surface area contributed by atoms with Crippen LogP contribution >= 0.6 is 0 Å². The predicted octanol–water partition coefficient (Wildman–Crippen LogP) is 2.74. The van der Waals surface area contributed by atoms with Gasteiger partial charge in [0, 0.05) is 6.08 Å². The fraction of sp³-hybridized carbons (Fsp3) is 0.421. The second-order valence-electron chi connectivity index (χ2n) is 7.65. The molecule has 1 aromatic carbocycles. The third-order valence-electron chi connectivity index (χ3n) is 4.14. The van der Waals surface area contributed by atoms with Crippen LogP contribution in [0.15, 0.2) is 24.3 Å². The third kappa shape index (κ3) is 3.71. The first-order valence-electron chi connectivity index (χ1n) is 8.32. The Morgan fingerprint density at radius 1 is 1.31 bits per heavy atom. The predicted molar refractivity (Wildman–Crippen MR) is 93.2 cm³/mol. The number of hydrogen-bond donors (Lipinski definition) is 1. The van der Waals surface area contributed by atoms with Gasteiger partial charge in [0.25, 0.3) is 0 Å². The standard InChI is InChI=1S/C19H21NO6/c1-18(2,3)26-17(24)20-10-19(11-20)9-14(21)13-8-12(5-7-16(22)23)4-6-15(13)25-19/h4-8H,9-11H2,1-3H3,(H,22,23)/b7-5+. The molecule has 7 nitrogen and oxygen atoms in total. The molecule has 0 radical (unpaired) electrons. The zero-order chi connectivity index (χ0) is 19.1. The molecule has 0 unspecified atom stereocenters. The van der Waals surface area contributed by atoms with Gasteiger partial charge in [0.15, 0.2) is 11.4 Å². The molecule has 7 heteroatoms. The summed E-state index contributed by atoms with van der Waals surface area (Å²) in [5.74, 6) is -0.681. The molecule has 2 aliphatic rings. The van der Waals surface area contributed by atoms with Crippen LogP contribution in [0.4, 0.5) is 4.79 Å². The van der Waals surface area contributed by atoms with E-state index < -0.39 is 23.3 Å². The Hall–Kier alpha value is -2.83. The van der Waals surface area contributed by atoms with Crippen LogP contribution in [0.2, 0.25) is 0 Å². The molecule has 26 heavy (non-hydrogen) atoms. The van der Waals surface area contributed by atoms with Crippen molar-refractivity contribution in [3.05, 3.63) is 35.4 Å². The van der Waals surface area contributed by atoms with Crippen molar-refractivity contribution in [3.63, 3.8) is 0 Å². The normalized spacial score (nSPS) is 18.3. The Bertz CT molecular complexity index is 799. The minimum absolute atomic E-state index is 0.0827. The number of nitrogens with zero attached hydrogens (tertiary/aromatic N) is 1. The second-order valence-corrected chi connectivity index (χ2v) is 7.65. The molecule has 1 spiro atoms. The minimum atomic E-state index is -1.05. The van der Waals surface area contributed by atoms with Gasteiger partial charge in [-0.2, -0.15) is 0 Å². The highest BCUT2D eigenvalue weighted by Crippen LogP contribution is 2.39. The zero-order valence-corrected chi connectivity index (χ0v) is 14.9. The van der Waals surface area contributed by atoms with Crippen LogP contribution in [0, 0.1) is 0 Å². The van der Waals surface area contributed by atoms with Gasteiger partial charge in [-0.3, -0.25) is 9.69 Å². The van der Waals surface area contributed by atoms with Crippen LogP contribution in [0.1, 0.15) is 43.1 Å². The number of hydrogen-bond acceptors (Lipinski definition) is 5. The number of Topliss-reactive ketones (excluding diaryl/α,β-unsaturated/α-hetero) is 1. The fourth-order valence-corrected chi connectivity index (χ4v) is 3.06. The summed E-state index contributed by atoms with van der Waals surface area (Å²) >= 11 is 0. The summed E-state index contributed by atoms with van der Waals surface area (Å²) in [6, 6.07) is 4.97. The quantitative estimate of drug-likeness (QED) is 0.816. The van der Waals surface area contributed by atoms with E-state index in [1.165, 1.54) is 11.0 Å². The SMILES string of the molecule is CC(C)(C)OC(=O)N1CC2(CC(=O)c3cc(/C=C/C(=O)O)ccc3O2)C1. The van der Waals surface area contributed by atoms with Gasteiger partial charge in [-0.1, -0.05) is 6.07 Å². The average Bonchev–Trinajstić information content (AvgIpc) is 2.48. The lowest BCUT2D eigenvalue weighted by Gasteiger charge is -2.50. The molecular weight excluding hydrogens is 338 g/mol. The lowest BCUT2D eigenvalue weighted by molar-refractivity contribution is -0.131. The van der Waals surface area contributed by atoms with Crippen molar-refractivity contribution >= 4 is 23.9 Å². The van der Waals surface area contributed by atoms with E-state index >= 15 is 0 Å². The maximum Gasteiger partial charge on any atom is 0.410 e. The van der Waals surface area contributed by atoms with Crippen molar-refractivity contribution in [1.29, 1.82) is 0 Å². The molecule has 0 atom stereocenters. The van der Waals surface area contributed by atoms with E-state index in [0.717, 1.165) is 6.08 Å². The van der Waals surface area contributed by atoms with Crippen LogP contribution in [-0.4, -0.2) is 52.1 Å². The molecule has 0 aliphatic carbocycles. The smallest absolute Gasteiger partial charge is 0.410 e. The number of ketones is 1. The topological polar surface area (TPSA) is 93.1 Å². The molecule has 138 valence electrons. The van der Waals surface area contributed by atoms with Crippen LogP contribution in [-0.2, 0) is 9.53 Å². The largest absolute Gasteiger partial charge is 0.482 e. The van der Waals surface area contributed by atoms with Crippen molar-refractivity contribution in [2.45, 2.75) is 38.4 Å². The number of aliphatic carboxylic acids is 1. The molecule has 1 fully saturated rings. The summed E-state index contributed by atoms with van der Waals surface area (Å²) in [5, 5.41) is 8.69. The Morgan fingerprint density at radius 3 is 2.62 bits per heavy atom. The van der Waals surface area contributed by atoms with Crippen LogP contribution in [0.3, 0.4) is 0 Å². The number of ether oxygens (including phenoxy) is 2. The molecule has 0 bridgehead atoms. The van der Waals surface area contributed by atoms with Crippen LogP contribution < -0.4 is 4.74 Å². The molecule has 0 saturated carbocycles. The first-order valence-corrected chi connectivity index (χ1v) is 8.32. The summed E-state index contributed by atoms with van der Waals surface area (Å²) in [6.45, 7) is 6.00. The number of carbonyl (C=O) groups excluding carboxylic acids is 2. The molecule has 1 saturated heterocycles. The van der Waals surface area contributed by atoms with Gasteiger partial charge in [0.1, 0.15) is 11.4 Å². The summed E-state index contributed by atoms with van der Waals surface area (Å²) in [7, 11) is 0. The van der Waals surface area contributed by atoms with Gasteiger partial charge in [-0.25, -0.2) is 9.59 Å². The van der Waals surface area contributed by atoms with E-state index in [1.54, 1.807) is 39.0 Å². The molecule has 1 aromatic rings. The van der Waals surface area contributed by atoms with Gasteiger partial charge < -0.3 is 14.6 Å². The first-order chi connectivity index (χ1) is 12.1. The maximum atomic E-state index is 12.5. The number of carboxylic acid groups (broad SMARTS) is 1. The second kappa shape index (κ2) is 6.16. The molecule has 0 aromatic heterocycles. The highest BCUT2D eigenvalue weighted by Gasteiger charge is 2.52. The molecule has 2 heterocycles. The van der Waals surface area contributed by atoms with Gasteiger partial charge in [0.05, 0.1) is 25.1 Å². The molecule has 2 aliphatic heterocycles. The van der Waals surface area contributed by atoms with Gasteiger partial charge in [-0.15, -0.1) is 0 Å². The van der Waals surface area contributed by atoms with Gasteiger partial charge in [0.2, 0.25) is 0 Å². The minimum Gasteiger partial charge on any atom is -0.482 e. The summed E-state index contributed by atoms with van der Waals surface area (Å²) in [5.41, 5.74) is -0.239. The summed E-state index contributed by atoms with van der Waals surface area (Å²) in [6.07, 6.45) is 2.19. The van der Waals surface area contributed by atoms with E-state index in [2.05, 4.69) is 0 Å². The zero-order valence-electron chi connectivity index (χ0n) is 14.9. The van der Waals surface area contributed by atoms with Crippen molar-refractivity contribution in [2.75, 3.05) is 13.1 Å². The van der Waals surface area contributed by atoms with Crippen molar-refractivity contribution in [3.8, 4) is 5.75 Å². The number of amides is 1. The Labute approximate surface area is 151 Å². The number of carbonyl (C=O) groups is 3. The van der Waals surface area contributed by atoms with Crippen LogP contribution in [0.5, 0.6) is 5.75 Å². The van der Waals surface area contributed by atoms with E-state index in [0.29, 0.717) is 30.0 Å². The highest BCUT2D eigenvalue weighted by atomic mass is 16.6. The number of fused-ring (bicyclic) bond motifs is 1. The lowest BCUT2D eigenvalue weighted by Crippen LogP contribution is -2.68. The first kappa shape index (κ1) is 18.0. The van der Waals surface area contributed by atoms with Crippen molar-refractivity contribution < 1.29 is 29.0 Å². The Morgan fingerprint density at radius 2 is 2.00 bits per heavy atom. The summed E-state index contributed by atoms with van der Waals surface area (Å²) < 4.78 is 11.3. The maximum absolute atomic E-state index is 12.5. The number of carboxylic acids is 1. The molecule has 1 N–H and O–H groups in total. The highest BCUT2D eigenvalue weighted by molar-refractivity contribution is 6.01. The Balaban J connectivity index is 1.71. The van der Waals surface area contributed by atoms with E-state index in [4.69, 9.17) is 14.6 Å². The Kier molecular flexibility index (Phi) is 4.26. The third-order valence-corrected chi connectivity index (χ3v) is 4.14. The number of likely N-dealkylation sites (tertiary alicyclic amines) is 1. The van der Waals surface area contributed by atoms with E-state index in [1.807, 2.05) is 0 Å². The molecule has 3 rings (SSSR count). The van der Waals surface area contributed by atoms with Crippen molar-refractivity contribution in [1.82, 2.24) is 4.90 Å². The number of rotatable bonds is 2. The fourth-order valence-electron chi connectivity index (χ4n) is 3.06. The van der Waals surface area contributed by atoms with Gasteiger partial charge >= 0.3 is 12.1 Å². The van der Waals surface area contributed by atoms with Crippen molar-refractivity contribution in [2.24, 2.45) is 0 Å². The lowest BCUT2D eigenvalue weighted by atomic mass is 9.83. The van der Waals surface area contributed by atoms with E-state index in [-0.39, 0.29) is 12.2 Å². The van der Waals surface area contributed by atoms with Crippen LogP contribution in [0.25, 0.3) is 6.08 Å². The average molecular weight is 359 g/mol. The van der Waals surface area contributed by atoms with E-state index in [9.17, 15) is 14.4 Å². The van der Waals surface area contributed by atoms with Gasteiger partial charge in [-0.05, 0) is 44.5 Å². The monoisotopic (exact) mass is 359 g/mol. The number of benzene rings is 1. The summed E-state index contributed by atoms with van der Waals surface area (Å²) in [4.78, 5) is 36.7. The molecular formula is C19H21NO6.